The van der Waals surface area contributed by atoms with Crippen LogP contribution >= 0.6 is 0 Å². The minimum Gasteiger partial charge on any atom is -0.490 e. The molecule has 8 nitrogen and oxygen atoms in total. The molecule has 1 aromatic carbocycles. The number of ketones is 1. The molecule has 184 valence electrons. The molecule has 0 bridgehead atoms. The van der Waals surface area contributed by atoms with Crippen molar-refractivity contribution in [2.45, 2.75) is 33.1 Å². The van der Waals surface area contributed by atoms with Crippen LogP contribution in [0.5, 0.6) is 5.75 Å². The van der Waals surface area contributed by atoms with E-state index in [2.05, 4.69) is 5.32 Å². The van der Waals surface area contributed by atoms with Crippen molar-refractivity contribution in [1.29, 1.82) is 0 Å². The summed E-state index contributed by atoms with van der Waals surface area (Å²) in [6.45, 7) is 5.60. The molecular formula is C27H29NO7. The molecule has 0 radical (unpaired) electrons. The summed E-state index contributed by atoms with van der Waals surface area (Å²) in [4.78, 5) is 39.4. The van der Waals surface area contributed by atoms with Gasteiger partial charge in [0.2, 0.25) is 0 Å². The van der Waals surface area contributed by atoms with Crippen molar-refractivity contribution in [1.82, 2.24) is 5.32 Å². The van der Waals surface area contributed by atoms with Gasteiger partial charge in [0, 0.05) is 17.0 Å². The lowest BCUT2D eigenvalue weighted by Crippen LogP contribution is -2.43. The number of nitrogens with one attached hydrogen (secondary N) is 1. The molecule has 2 aromatic rings. The number of furan rings is 1. The molecule has 0 spiro atoms. The highest BCUT2D eigenvalue weighted by Gasteiger charge is 2.48. The van der Waals surface area contributed by atoms with E-state index in [4.69, 9.17) is 18.6 Å². The number of allylic oxidation sites excluding steroid dienone is 3. The van der Waals surface area contributed by atoms with E-state index in [9.17, 15) is 14.4 Å². The Morgan fingerprint density at radius 3 is 2.49 bits per heavy atom. The Bertz CT molecular complexity index is 1190. The Hall–Kier alpha value is -3.81. The van der Waals surface area contributed by atoms with E-state index >= 15 is 0 Å². The lowest BCUT2D eigenvalue weighted by Gasteiger charge is -2.37. The summed E-state index contributed by atoms with van der Waals surface area (Å²) >= 11 is 0. The second-order valence-corrected chi connectivity index (χ2v) is 8.78. The smallest absolute Gasteiger partial charge is 0.336 e. The zero-order chi connectivity index (χ0) is 25.1. The van der Waals surface area contributed by atoms with Crippen LogP contribution < -0.4 is 10.1 Å². The lowest BCUT2D eigenvalue weighted by molar-refractivity contribution is -0.151. The number of esters is 2. The number of hydrogen-bond acceptors (Lipinski definition) is 8. The zero-order valence-corrected chi connectivity index (χ0v) is 20.3. The first-order valence-electron chi connectivity index (χ1n) is 11.6. The normalized spacial score (nSPS) is 21.8. The number of aryl methyl sites for hydroxylation is 1. The monoisotopic (exact) mass is 479 g/mol. The van der Waals surface area contributed by atoms with Gasteiger partial charge in [-0.25, -0.2) is 4.79 Å². The van der Waals surface area contributed by atoms with Gasteiger partial charge in [-0.15, -0.1) is 0 Å². The molecule has 4 rings (SSSR count). The third kappa shape index (κ3) is 4.87. The van der Waals surface area contributed by atoms with Crippen LogP contribution in [0.1, 0.15) is 37.7 Å². The van der Waals surface area contributed by atoms with Gasteiger partial charge in [0.15, 0.2) is 5.78 Å². The maximum Gasteiger partial charge on any atom is 0.336 e. The number of rotatable bonds is 7. The van der Waals surface area contributed by atoms with Crippen LogP contribution in [0.15, 0.2) is 69.4 Å². The van der Waals surface area contributed by atoms with Gasteiger partial charge < -0.3 is 23.9 Å². The van der Waals surface area contributed by atoms with E-state index in [1.807, 2.05) is 37.3 Å². The molecule has 35 heavy (non-hydrogen) atoms. The summed E-state index contributed by atoms with van der Waals surface area (Å²) < 4.78 is 21.9. The van der Waals surface area contributed by atoms with Crippen molar-refractivity contribution in [2.24, 2.45) is 11.8 Å². The van der Waals surface area contributed by atoms with Crippen LogP contribution in [0.25, 0.3) is 0 Å². The molecule has 3 atom stereocenters. The number of carbonyl (C=O) groups excluding carboxylic acids is 3. The van der Waals surface area contributed by atoms with Gasteiger partial charge in [-0.05, 0) is 50.5 Å². The van der Waals surface area contributed by atoms with Gasteiger partial charge in [0.25, 0.3) is 0 Å². The summed E-state index contributed by atoms with van der Waals surface area (Å²) in [5.74, 6) is -1.79. The van der Waals surface area contributed by atoms with Crippen LogP contribution in [0.4, 0.5) is 0 Å². The number of ether oxygens (including phenoxy) is 3. The molecule has 0 amide bonds. The molecule has 2 heterocycles. The highest BCUT2D eigenvalue weighted by molar-refractivity contribution is 6.12. The first kappa shape index (κ1) is 24.3. The van der Waals surface area contributed by atoms with Gasteiger partial charge >= 0.3 is 11.9 Å². The van der Waals surface area contributed by atoms with E-state index < -0.39 is 23.8 Å². The van der Waals surface area contributed by atoms with E-state index in [0.29, 0.717) is 40.7 Å². The highest BCUT2D eigenvalue weighted by atomic mass is 16.6. The van der Waals surface area contributed by atoms with Crippen molar-refractivity contribution in [3.63, 3.8) is 0 Å². The van der Waals surface area contributed by atoms with Crippen molar-refractivity contribution in [3.05, 3.63) is 76.5 Å². The van der Waals surface area contributed by atoms with Crippen LogP contribution in [0.2, 0.25) is 0 Å². The Kier molecular flexibility index (Phi) is 7.10. The summed E-state index contributed by atoms with van der Waals surface area (Å²) in [6, 6.07) is 12.7. The first-order chi connectivity index (χ1) is 16.8. The summed E-state index contributed by atoms with van der Waals surface area (Å²) in [7, 11) is 1.27. The molecule has 1 aliphatic heterocycles. The van der Waals surface area contributed by atoms with E-state index in [0.717, 1.165) is 0 Å². The Morgan fingerprint density at radius 2 is 1.83 bits per heavy atom. The number of hydrogen-bond donors (Lipinski definition) is 1. The fraction of sp³-hybridized carbons (Fsp3) is 0.370. The molecule has 1 aromatic heterocycles. The van der Waals surface area contributed by atoms with E-state index in [1.54, 1.807) is 26.0 Å². The minimum atomic E-state index is -0.950. The average Bonchev–Trinajstić information content (AvgIpc) is 3.27. The number of benzene rings is 1. The van der Waals surface area contributed by atoms with Gasteiger partial charge in [-0.3, -0.25) is 9.59 Å². The molecule has 0 fully saturated rings. The third-order valence-corrected chi connectivity index (χ3v) is 6.34. The topological polar surface area (TPSA) is 104 Å². The fourth-order valence-corrected chi connectivity index (χ4v) is 4.73. The molecule has 0 saturated heterocycles. The SMILES string of the molecule is COC(=O)[C@H]1C(=O)C2=C(C[C@@H]1C)NC(C)=C(C(=O)OCCOc1ccccc1)[C@@H]2c1ccc(C)o1. The second-order valence-electron chi connectivity index (χ2n) is 8.78. The van der Waals surface area contributed by atoms with Crippen LogP contribution in [-0.4, -0.2) is 38.0 Å². The Morgan fingerprint density at radius 1 is 1.09 bits per heavy atom. The van der Waals surface area contributed by atoms with Gasteiger partial charge in [-0.1, -0.05) is 25.1 Å². The molecule has 8 heteroatoms. The minimum absolute atomic E-state index is 0.0239. The summed E-state index contributed by atoms with van der Waals surface area (Å²) in [5.41, 5.74) is 1.87. The predicted molar refractivity (Wildman–Crippen MR) is 126 cm³/mol. The summed E-state index contributed by atoms with van der Waals surface area (Å²) in [6.07, 6.45) is 0.460. The van der Waals surface area contributed by atoms with Gasteiger partial charge in [0.1, 0.15) is 36.4 Å². The van der Waals surface area contributed by atoms with Crippen molar-refractivity contribution in [3.8, 4) is 5.75 Å². The summed E-state index contributed by atoms with van der Waals surface area (Å²) in [5, 5.41) is 3.22. The second kappa shape index (κ2) is 10.2. The van der Waals surface area contributed by atoms with Crippen LogP contribution in [0, 0.1) is 18.8 Å². The number of methoxy groups -OCH3 is 1. The van der Waals surface area contributed by atoms with Crippen LogP contribution in [0.3, 0.4) is 0 Å². The molecule has 0 saturated carbocycles. The number of para-hydroxylation sites is 1. The van der Waals surface area contributed by atoms with Gasteiger partial charge in [0.05, 0.1) is 18.6 Å². The van der Waals surface area contributed by atoms with Crippen molar-refractivity contribution < 1.29 is 33.0 Å². The molecule has 0 unspecified atom stereocenters. The van der Waals surface area contributed by atoms with Gasteiger partial charge in [-0.2, -0.15) is 0 Å². The largest absolute Gasteiger partial charge is 0.490 e. The quantitative estimate of drug-likeness (QED) is 0.363. The van der Waals surface area contributed by atoms with E-state index in [1.165, 1.54) is 7.11 Å². The predicted octanol–water partition coefficient (Wildman–Crippen LogP) is 3.82. The maximum atomic E-state index is 13.6. The number of Topliss-reactive ketones (excluding diaryl/α,β-unsaturated/α-hetero) is 1. The van der Waals surface area contributed by atoms with Crippen LogP contribution in [-0.2, 0) is 23.9 Å². The maximum absolute atomic E-state index is 13.6. The highest BCUT2D eigenvalue weighted by Crippen LogP contribution is 2.45. The Balaban J connectivity index is 1.61. The number of carbonyl (C=O) groups is 3. The van der Waals surface area contributed by atoms with Crippen molar-refractivity contribution in [2.75, 3.05) is 20.3 Å². The Labute approximate surface area is 203 Å². The van der Waals surface area contributed by atoms with Crippen molar-refractivity contribution >= 4 is 17.7 Å². The zero-order valence-electron chi connectivity index (χ0n) is 20.3. The molecular weight excluding hydrogens is 450 g/mol. The molecule has 1 N–H and O–H groups in total. The molecule has 2 aliphatic rings. The first-order valence-corrected chi connectivity index (χ1v) is 11.6. The lowest BCUT2D eigenvalue weighted by atomic mass is 9.70. The standard InChI is InChI=1S/C27H29NO7/c1-15-14-19-23(25(29)21(15)26(30)32-4)24(20-11-10-16(2)35-20)22(17(3)28-19)27(31)34-13-12-33-18-8-6-5-7-9-18/h5-11,15,21,24,28H,12-14H2,1-4H3/t15-,21+,24-/m0/s1. The average molecular weight is 480 g/mol. The molecule has 1 aliphatic carbocycles. The number of dihydropyridines is 1. The van der Waals surface area contributed by atoms with E-state index in [-0.39, 0.29) is 30.5 Å². The third-order valence-electron chi connectivity index (χ3n) is 6.34. The fourth-order valence-electron chi connectivity index (χ4n) is 4.73.